The van der Waals surface area contributed by atoms with E-state index in [1.807, 2.05) is 0 Å². The number of benzene rings is 1. The van der Waals surface area contributed by atoms with E-state index in [9.17, 15) is 13.6 Å². The zero-order chi connectivity index (χ0) is 14.7. The number of rotatable bonds is 5. The summed E-state index contributed by atoms with van der Waals surface area (Å²) in [5, 5.41) is 9.03. The van der Waals surface area contributed by atoms with E-state index in [4.69, 9.17) is 19.3 Å². The average Bonchev–Trinajstić information content (AvgIpc) is 2.91. The van der Waals surface area contributed by atoms with Crippen molar-refractivity contribution in [1.29, 1.82) is 0 Å². The Labute approximate surface area is 113 Å². The molecule has 2 rings (SSSR count). The molecule has 1 unspecified atom stereocenters. The van der Waals surface area contributed by atoms with E-state index in [1.165, 1.54) is 19.4 Å². The van der Waals surface area contributed by atoms with Gasteiger partial charge in [-0.25, -0.2) is 13.6 Å². The second-order valence-corrected chi connectivity index (χ2v) is 3.91. The summed E-state index contributed by atoms with van der Waals surface area (Å²) in [4.78, 5) is 11.1. The number of halogens is 2. The third-order valence-electron chi connectivity index (χ3n) is 2.69. The molecule has 0 saturated carbocycles. The lowest BCUT2D eigenvalue weighted by molar-refractivity contribution is -0.151. The molecule has 1 heterocycles. The Hall–Kier alpha value is -2.15. The molecule has 0 fully saturated rings. The highest BCUT2D eigenvalue weighted by Gasteiger charge is 2.31. The standard InChI is InChI=1S/C13H12F2O5/c1-2-18-11(12(16)17)9-8(14)4-3-7(10(9)15)13-19-5-6-20-13/h3-6,11,13H,2H2,1H3,(H,16,17). The van der Waals surface area contributed by atoms with Crippen molar-refractivity contribution in [2.24, 2.45) is 0 Å². The van der Waals surface area contributed by atoms with Gasteiger partial charge in [0.2, 0.25) is 0 Å². The Kier molecular flexibility index (Phi) is 4.19. The highest BCUT2D eigenvalue weighted by atomic mass is 19.1. The van der Waals surface area contributed by atoms with Gasteiger partial charge in [-0.15, -0.1) is 0 Å². The summed E-state index contributed by atoms with van der Waals surface area (Å²) < 4.78 is 42.9. The minimum absolute atomic E-state index is 0.00193. The molecule has 5 nitrogen and oxygen atoms in total. The Bertz CT molecular complexity index is 536. The molecule has 1 atom stereocenters. The molecule has 1 aromatic carbocycles. The normalized spacial score (nSPS) is 15.8. The number of carboxylic acids is 1. The van der Waals surface area contributed by atoms with Crippen molar-refractivity contribution in [1.82, 2.24) is 0 Å². The van der Waals surface area contributed by atoms with Crippen LogP contribution in [-0.4, -0.2) is 17.7 Å². The Morgan fingerprint density at radius 1 is 1.40 bits per heavy atom. The fourth-order valence-electron chi connectivity index (χ4n) is 1.84. The van der Waals surface area contributed by atoms with Crippen molar-refractivity contribution in [3.63, 3.8) is 0 Å². The van der Waals surface area contributed by atoms with Gasteiger partial charge in [0.15, 0.2) is 6.10 Å². The van der Waals surface area contributed by atoms with E-state index in [0.717, 1.165) is 12.1 Å². The Balaban J connectivity index is 2.45. The highest BCUT2D eigenvalue weighted by Crippen LogP contribution is 2.32. The van der Waals surface area contributed by atoms with E-state index in [2.05, 4.69) is 0 Å². The third kappa shape index (κ3) is 2.57. The minimum Gasteiger partial charge on any atom is -0.479 e. The predicted octanol–water partition coefficient (Wildman–Crippen LogP) is 2.64. The molecule has 1 aliphatic heterocycles. The molecule has 1 aliphatic rings. The molecule has 0 saturated heterocycles. The van der Waals surface area contributed by atoms with Crippen molar-refractivity contribution < 1.29 is 32.9 Å². The lowest BCUT2D eigenvalue weighted by Gasteiger charge is -2.18. The fraction of sp³-hybridized carbons (Fsp3) is 0.308. The van der Waals surface area contributed by atoms with Crippen LogP contribution >= 0.6 is 0 Å². The average molecular weight is 286 g/mol. The van der Waals surface area contributed by atoms with Crippen LogP contribution in [0.5, 0.6) is 0 Å². The number of hydrogen-bond donors (Lipinski definition) is 1. The molecule has 0 aromatic heterocycles. The van der Waals surface area contributed by atoms with Gasteiger partial charge in [0.25, 0.3) is 6.29 Å². The molecule has 1 N–H and O–H groups in total. The molecule has 0 spiro atoms. The first kappa shape index (κ1) is 14.3. The van der Waals surface area contributed by atoms with Gasteiger partial charge in [0.05, 0.1) is 11.1 Å². The maximum absolute atomic E-state index is 14.3. The summed E-state index contributed by atoms with van der Waals surface area (Å²) in [6.07, 6.45) is -0.367. The second kappa shape index (κ2) is 5.87. The zero-order valence-electron chi connectivity index (χ0n) is 10.5. The first-order chi connectivity index (χ1) is 9.56. The quantitative estimate of drug-likeness (QED) is 0.901. The summed E-state index contributed by atoms with van der Waals surface area (Å²) in [6.45, 7) is 1.53. The van der Waals surface area contributed by atoms with E-state index in [-0.39, 0.29) is 12.2 Å². The SMILES string of the molecule is CCOC(C(=O)O)c1c(F)ccc(C2OC=CO2)c1F. The first-order valence-corrected chi connectivity index (χ1v) is 5.84. The van der Waals surface area contributed by atoms with Crippen LogP contribution in [-0.2, 0) is 19.0 Å². The topological polar surface area (TPSA) is 65.0 Å². The number of carboxylic acid groups (broad SMARTS) is 1. The van der Waals surface area contributed by atoms with Gasteiger partial charge in [-0.1, -0.05) is 0 Å². The van der Waals surface area contributed by atoms with Gasteiger partial charge in [0.1, 0.15) is 24.2 Å². The Morgan fingerprint density at radius 2 is 2.05 bits per heavy atom. The first-order valence-electron chi connectivity index (χ1n) is 5.84. The summed E-state index contributed by atoms with van der Waals surface area (Å²) in [6, 6.07) is 2.09. The largest absolute Gasteiger partial charge is 0.479 e. The van der Waals surface area contributed by atoms with Crippen LogP contribution in [0.25, 0.3) is 0 Å². The molecule has 0 amide bonds. The minimum atomic E-state index is -1.73. The molecule has 0 bridgehead atoms. The second-order valence-electron chi connectivity index (χ2n) is 3.91. The lowest BCUT2D eigenvalue weighted by Crippen LogP contribution is -2.20. The monoisotopic (exact) mass is 286 g/mol. The highest BCUT2D eigenvalue weighted by molar-refractivity contribution is 5.74. The van der Waals surface area contributed by atoms with E-state index < -0.39 is 35.6 Å². The van der Waals surface area contributed by atoms with Crippen molar-refractivity contribution in [2.75, 3.05) is 6.61 Å². The van der Waals surface area contributed by atoms with Gasteiger partial charge < -0.3 is 19.3 Å². The molecule has 1 aromatic rings. The van der Waals surface area contributed by atoms with Gasteiger partial charge in [-0.2, -0.15) is 0 Å². The summed E-state index contributed by atoms with van der Waals surface area (Å²) in [5.74, 6) is -3.54. The summed E-state index contributed by atoms with van der Waals surface area (Å²) in [5.41, 5.74) is -0.770. The van der Waals surface area contributed by atoms with Crippen molar-refractivity contribution in [3.8, 4) is 0 Å². The maximum Gasteiger partial charge on any atom is 0.337 e. The summed E-state index contributed by atoms with van der Waals surface area (Å²) in [7, 11) is 0. The van der Waals surface area contributed by atoms with Crippen molar-refractivity contribution in [2.45, 2.75) is 19.3 Å². The third-order valence-corrected chi connectivity index (χ3v) is 2.69. The van der Waals surface area contributed by atoms with Crippen molar-refractivity contribution >= 4 is 5.97 Å². The molecular weight excluding hydrogens is 274 g/mol. The maximum atomic E-state index is 14.3. The zero-order valence-corrected chi connectivity index (χ0v) is 10.5. The predicted molar refractivity (Wildman–Crippen MR) is 62.4 cm³/mol. The Morgan fingerprint density at radius 3 is 2.60 bits per heavy atom. The van der Waals surface area contributed by atoms with Crippen LogP contribution < -0.4 is 0 Å². The molecule has 20 heavy (non-hydrogen) atoms. The van der Waals surface area contributed by atoms with Crippen LogP contribution in [0.4, 0.5) is 8.78 Å². The fourth-order valence-corrected chi connectivity index (χ4v) is 1.84. The van der Waals surface area contributed by atoms with Crippen LogP contribution in [0.15, 0.2) is 24.7 Å². The van der Waals surface area contributed by atoms with Gasteiger partial charge >= 0.3 is 5.97 Å². The van der Waals surface area contributed by atoms with Crippen LogP contribution in [0.1, 0.15) is 30.4 Å². The molecule has 0 aliphatic carbocycles. The molecule has 0 radical (unpaired) electrons. The summed E-state index contributed by atoms with van der Waals surface area (Å²) >= 11 is 0. The number of aliphatic carboxylic acids is 1. The molecule has 108 valence electrons. The van der Waals surface area contributed by atoms with Crippen LogP contribution in [0, 0.1) is 11.6 Å². The van der Waals surface area contributed by atoms with Gasteiger partial charge in [-0.3, -0.25) is 0 Å². The van der Waals surface area contributed by atoms with E-state index in [1.54, 1.807) is 0 Å². The van der Waals surface area contributed by atoms with E-state index in [0.29, 0.717) is 0 Å². The number of hydrogen-bond acceptors (Lipinski definition) is 4. The van der Waals surface area contributed by atoms with Gasteiger partial charge in [0, 0.05) is 6.61 Å². The number of ether oxygens (including phenoxy) is 3. The van der Waals surface area contributed by atoms with Gasteiger partial charge in [-0.05, 0) is 19.1 Å². The van der Waals surface area contributed by atoms with Crippen molar-refractivity contribution in [3.05, 3.63) is 47.4 Å². The smallest absolute Gasteiger partial charge is 0.337 e. The molecular formula is C13H12F2O5. The van der Waals surface area contributed by atoms with E-state index >= 15 is 0 Å². The lowest BCUT2D eigenvalue weighted by atomic mass is 10.0. The molecule has 7 heteroatoms. The van der Waals surface area contributed by atoms with Crippen LogP contribution in [0.3, 0.4) is 0 Å². The number of carbonyl (C=O) groups is 1. The van der Waals surface area contributed by atoms with Crippen LogP contribution in [0.2, 0.25) is 0 Å².